The molecular formula is C18H21NO. The Hall–Kier alpha value is -1.83. The van der Waals surface area contributed by atoms with Crippen LogP contribution in [0.3, 0.4) is 0 Å². The van der Waals surface area contributed by atoms with Gasteiger partial charge in [0, 0.05) is 23.5 Å². The number of ketones is 1. The number of aryl methyl sites for hydroxylation is 1. The van der Waals surface area contributed by atoms with Gasteiger partial charge in [-0.15, -0.1) is 0 Å². The summed E-state index contributed by atoms with van der Waals surface area (Å²) in [6, 6.07) is 8.35. The zero-order valence-electron chi connectivity index (χ0n) is 11.8. The van der Waals surface area contributed by atoms with Crippen molar-refractivity contribution in [2.75, 3.05) is 0 Å². The molecule has 0 saturated heterocycles. The molecule has 1 aromatic heterocycles. The number of para-hydroxylation sites is 1. The van der Waals surface area contributed by atoms with E-state index in [2.05, 4.69) is 35.5 Å². The lowest BCUT2D eigenvalue weighted by molar-refractivity contribution is -0.115. The smallest absolute Gasteiger partial charge is 0.158 e. The first-order chi connectivity index (χ1) is 9.84. The van der Waals surface area contributed by atoms with Gasteiger partial charge in [-0.2, -0.15) is 0 Å². The fraction of sp³-hybridized carbons (Fsp3) is 0.389. The van der Waals surface area contributed by atoms with Crippen LogP contribution in [0.25, 0.3) is 10.9 Å². The summed E-state index contributed by atoms with van der Waals surface area (Å²) in [6.45, 7) is 0. The molecular weight excluding hydrogens is 246 g/mol. The Morgan fingerprint density at radius 2 is 2.10 bits per heavy atom. The van der Waals surface area contributed by atoms with Gasteiger partial charge in [-0.05, 0) is 55.7 Å². The van der Waals surface area contributed by atoms with Gasteiger partial charge < -0.3 is 4.98 Å². The number of nitrogens with one attached hydrogen (secondary N) is 1. The monoisotopic (exact) mass is 267 g/mol. The summed E-state index contributed by atoms with van der Waals surface area (Å²) >= 11 is 0. The highest BCUT2D eigenvalue weighted by atomic mass is 16.1. The molecule has 1 aliphatic carbocycles. The lowest BCUT2D eigenvalue weighted by Gasteiger charge is -2.11. The molecule has 0 atom stereocenters. The molecule has 2 heteroatoms. The maximum Gasteiger partial charge on any atom is 0.158 e. The molecule has 2 aromatic rings. The zero-order chi connectivity index (χ0) is 13.8. The average Bonchev–Trinajstić information content (AvgIpc) is 2.92. The first-order valence-electron chi connectivity index (χ1n) is 7.62. The van der Waals surface area contributed by atoms with Crippen molar-refractivity contribution in [2.45, 2.75) is 44.9 Å². The second-order valence-electron chi connectivity index (χ2n) is 5.61. The predicted octanol–water partition coefficient (Wildman–Crippen LogP) is 4.56. The SMILES string of the molecule is O=C(CCCc1c[nH]c2ccccc12)C1=CCCCC1. The Morgan fingerprint density at radius 1 is 1.20 bits per heavy atom. The fourth-order valence-electron chi connectivity index (χ4n) is 3.03. The topological polar surface area (TPSA) is 32.9 Å². The first-order valence-corrected chi connectivity index (χ1v) is 7.62. The van der Waals surface area contributed by atoms with Gasteiger partial charge in [-0.25, -0.2) is 0 Å². The van der Waals surface area contributed by atoms with Crippen LogP contribution in [0.15, 0.2) is 42.1 Å². The van der Waals surface area contributed by atoms with Gasteiger partial charge in [-0.1, -0.05) is 24.3 Å². The standard InChI is InChI=1S/C18H21NO/c20-18(14-7-2-1-3-8-14)12-6-9-15-13-19-17-11-5-4-10-16(15)17/h4-5,7,10-11,13,19H,1-3,6,8-9,12H2. The summed E-state index contributed by atoms with van der Waals surface area (Å²) in [4.78, 5) is 15.4. The van der Waals surface area contributed by atoms with Crippen molar-refractivity contribution >= 4 is 16.7 Å². The number of hydrogen-bond acceptors (Lipinski definition) is 1. The van der Waals surface area contributed by atoms with Crippen LogP contribution in [-0.2, 0) is 11.2 Å². The van der Waals surface area contributed by atoms with Crippen molar-refractivity contribution in [3.05, 3.63) is 47.7 Å². The van der Waals surface area contributed by atoms with Gasteiger partial charge in [0.05, 0.1) is 0 Å². The summed E-state index contributed by atoms with van der Waals surface area (Å²) < 4.78 is 0. The molecule has 1 N–H and O–H groups in total. The molecule has 1 aliphatic rings. The quantitative estimate of drug-likeness (QED) is 0.846. The molecule has 1 aromatic carbocycles. The lowest BCUT2D eigenvalue weighted by atomic mass is 9.93. The molecule has 0 fully saturated rings. The summed E-state index contributed by atoms with van der Waals surface area (Å²) in [5.74, 6) is 0.365. The number of carbonyl (C=O) groups excluding carboxylic acids is 1. The Morgan fingerprint density at radius 3 is 2.95 bits per heavy atom. The third kappa shape index (κ3) is 2.84. The molecule has 0 radical (unpaired) electrons. The van der Waals surface area contributed by atoms with Crippen LogP contribution in [0, 0.1) is 0 Å². The number of aromatic amines is 1. The van der Waals surface area contributed by atoms with Crippen LogP contribution >= 0.6 is 0 Å². The molecule has 2 nitrogen and oxygen atoms in total. The van der Waals surface area contributed by atoms with Gasteiger partial charge >= 0.3 is 0 Å². The van der Waals surface area contributed by atoms with E-state index in [-0.39, 0.29) is 0 Å². The number of hydrogen-bond donors (Lipinski definition) is 1. The minimum Gasteiger partial charge on any atom is -0.361 e. The summed E-state index contributed by atoms with van der Waals surface area (Å²) in [5.41, 5.74) is 3.59. The van der Waals surface area contributed by atoms with E-state index in [1.54, 1.807) is 0 Å². The number of aromatic nitrogens is 1. The van der Waals surface area contributed by atoms with Crippen LogP contribution in [0.5, 0.6) is 0 Å². The van der Waals surface area contributed by atoms with Crippen molar-refractivity contribution in [3.8, 4) is 0 Å². The van der Waals surface area contributed by atoms with E-state index in [4.69, 9.17) is 0 Å². The van der Waals surface area contributed by atoms with Gasteiger partial charge in [-0.3, -0.25) is 4.79 Å². The number of H-pyrrole nitrogens is 1. The normalized spacial score (nSPS) is 15.3. The van der Waals surface area contributed by atoms with E-state index in [0.717, 1.165) is 31.3 Å². The van der Waals surface area contributed by atoms with Crippen molar-refractivity contribution in [3.63, 3.8) is 0 Å². The van der Waals surface area contributed by atoms with Gasteiger partial charge in [0.1, 0.15) is 0 Å². The van der Waals surface area contributed by atoms with E-state index in [1.165, 1.54) is 29.3 Å². The molecule has 0 unspecified atom stereocenters. The molecule has 0 bridgehead atoms. The fourth-order valence-corrected chi connectivity index (χ4v) is 3.03. The van der Waals surface area contributed by atoms with Crippen molar-refractivity contribution in [1.82, 2.24) is 4.98 Å². The maximum absolute atomic E-state index is 12.1. The number of fused-ring (bicyclic) bond motifs is 1. The van der Waals surface area contributed by atoms with E-state index in [9.17, 15) is 4.79 Å². The summed E-state index contributed by atoms with van der Waals surface area (Å²) in [5, 5.41) is 1.29. The van der Waals surface area contributed by atoms with E-state index >= 15 is 0 Å². The Labute approximate surface area is 119 Å². The van der Waals surface area contributed by atoms with Crippen LogP contribution in [0.2, 0.25) is 0 Å². The number of carbonyl (C=O) groups is 1. The lowest BCUT2D eigenvalue weighted by Crippen LogP contribution is -2.06. The zero-order valence-corrected chi connectivity index (χ0v) is 11.8. The molecule has 0 amide bonds. The molecule has 0 spiro atoms. The van der Waals surface area contributed by atoms with Gasteiger partial charge in [0.25, 0.3) is 0 Å². The number of rotatable bonds is 5. The molecule has 1 heterocycles. The molecule has 3 rings (SSSR count). The van der Waals surface area contributed by atoms with Crippen LogP contribution < -0.4 is 0 Å². The van der Waals surface area contributed by atoms with Crippen molar-refractivity contribution in [1.29, 1.82) is 0 Å². The van der Waals surface area contributed by atoms with Crippen LogP contribution in [-0.4, -0.2) is 10.8 Å². The summed E-state index contributed by atoms with van der Waals surface area (Å²) in [6.07, 6.45) is 11.3. The molecule has 104 valence electrons. The third-order valence-electron chi connectivity index (χ3n) is 4.17. The van der Waals surface area contributed by atoms with Crippen LogP contribution in [0.4, 0.5) is 0 Å². The van der Waals surface area contributed by atoms with Crippen molar-refractivity contribution < 1.29 is 4.79 Å². The van der Waals surface area contributed by atoms with E-state index in [0.29, 0.717) is 12.2 Å². The Balaban J connectivity index is 1.57. The summed E-state index contributed by atoms with van der Waals surface area (Å²) in [7, 11) is 0. The molecule has 0 saturated carbocycles. The predicted molar refractivity (Wildman–Crippen MR) is 82.8 cm³/mol. The number of Topliss-reactive ketones (excluding diaryl/α,β-unsaturated/α-hetero) is 1. The Bertz CT molecular complexity index is 636. The average molecular weight is 267 g/mol. The van der Waals surface area contributed by atoms with E-state index < -0.39 is 0 Å². The van der Waals surface area contributed by atoms with Crippen LogP contribution in [0.1, 0.15) is 44.1 Å². The minimum atomic E-state index is 0.365. The second-order valence-corrected chi connectivity index (χ2v) is 5.61. The second kappa shape index (κ2) is 6.08. The minimum absolute atomic E-state index is 0.365. The Kier molecular flexibility index (Phi) is 4.00. The molecule has 20 heavy (non-hydrogen) atoms. The van der Waals surface area contributed by atoms with Crippen molar-refractivity contribution in [2.24, 2.45) is 0 Å². The third-order valence-corrected chi connectivity index (χ3v) is 4.17. The van der Waals surface area contributed by atoms with E-state index in [1.807, 2.05) is 6.07 Å². The number of benzene rings is 1. The van der Waals surface area contributed by atoms with Gasteiger partial charge in [0.15, 0.2) is 5.78 Å². The maximum atomic E-state index is 12.1. The highest BCUT2D eigenvalue weighted by molar-refractivity contribution is 5.95. The molecule has 0 aliphatic heterocycles. The van der Waals surface area contributed by atoms with Gasteiger partial charge in [0.2, 0.25) is 0 Å². The highest BCUT2D eigenvalue weighted by Gasteiger charge is 2.12. The largest absolute Gasteiger partial charge is 0.361 e. The first kappa shape index (κ1) is 13.2. The number of allylic oxidation sites excluding steroid dienone is 2. The highest BCUT2D eigenvalue weighted by Crippen LogP contribution is 2.22.